The zero-order valence-electron chi connectivity index (χ0n) is 16.4. The number of hydrogen-bond acceptors (Lipinski definition) is 9. The molecule has 0 saturated carbocycles. The molecule has 2 aromatic rings. The van der Waals surface area contributed by atoms with Crippen LogP contribution >= 0.6 is 23.1 Å². The Labute approximate surface area is 183 Å². The number of benzene rings is 1. The summed E-state index contributed by atoms with van der Waals surface area (Å²) in [5.74, 6) is -0.128. The second-order valence-electron chi connectivity index (χ2n) is 6.61. The first-order valence-electron chi connectivity index (χ1n) is 8.94. The number of nitrogens with one attached hydrogen (secondary N) is 2. The third kappa shape index (κ3) is 7.22. The maximum atomic E-state index is 12.7. The van der Waals surface area contributed by atoms with Crippen LogP contribution in [-0.2, 0) is 10.0 Å². The number of nitrogens with zero attached hydrogens (tertiary/aromatic N) is 1. The summed E-state index contributed by atoms with van der Waals surface area (Å²) in [6.07, 6.45) is -0.798. The number of hydrogen-bond donors (Lipinski definition) is 5. The van der Waals surface area contributed by atoms with Crippen LogP contribution in [0.3, 0.4) is 0 Å². The number of amides is 1. The van der Waals surface area contributed by atoms with E-state index < -0.39 is 40.3 Å². The Morgan fingerprint density at radius 2 is 1.90 bits per heavy atom. The molecule has 0 saturated heterocycles. The lowest BCUT2D eigenvalue weighted by atomic mass is 9.93. The number of aliphatic hydroxyl groups is 3. The summed E-state index contributed by atoms with van der Waals surface area (Å²) in [7, 11) is -3.54. The van der Waals surface area contributed by atoms with Crippen molar-refractivity contribution in [1.29, 1.82) is 0 Å². The fraction of sp³-hybridized carbons (Fsp3) is 0.444. The van der Waals surface area contributed by atoms with Gasteiger partial charge in [0.15, 0.2) is 5.13 Å². The Kier molecular flexibility index (Phi) is 9.07. The largest absolute Gasteiger partial charge is 0.390 e. The number of thioether (sulfide) groups is 1. The average molecular weight is 476 g/mol. The van der Waals surface area contributed by atoms with Gasteiger partial charge in [-0.3, -0.25) is 9.52 Å². The molecule has 1 aromatic carbocycles. The first kappa shape index (κ1) is 24.6. The standard InChI is InChI=1S/C18H25N3O6S3/c1-28-9-8-13(22)16(24)14(15(23)11-6-4-3-5-7-11)20-17(25)12-10-29-18(19-12)21-30(2,26)27/h3-7,10,13-16,22-24H,8-9H2,1-2H3,(H,19,21)(H,20,25). The first-order chi connectivity index (χ1) is 14.1. The second kappa shape index (κ2) is 11.1. The second-order valence-corrected chi connectivity index (χ2v) is 10.2. The van der Waals surface area contributed by atoms with Crippen molar-refractivity contribution in [3.63, 3.8) is 0 Å². The normalized spacial score (nSPS) is 15.8. The topological polar surface area (TPSA) is 149 Å². The summed E-state index contributed by atoms with van der Waals surface area (Å²) in [4.78, 5) is 16.6. The SMILES string of the molecule is CSCCC(O)C(O)C(NC(=O)c1csc(NS(C)(=O)=O)n1)C(O)c1ccccc1. The van der Waals surface area contributed by atoms with Crippen molar-refractivity contribution in [1.82, 2.24) is 10.3 Å². The Balaban J connectivity index is 2.22. The van der Waals surface area contributed by atoms with Crippen molar-refractivity contribution < 1.29 is 28.5 Å². The smallest absolute Gasteiger partial charge is 0.271 e. The molecule has 0 aliphatic rings. The van der Waals surface area contributed by atoms with E-state index in [9.17, 15) is 28.5 Å². The van der Waals surface area contributed by atoms with Gasteiger partial charge in [-0.05, 0) is 24.0 Å². The quantitative estimate of drug-likeness (QED) is 0.321. The Morgan fingerprint density at radius 3 is 2.50 bits per heavy atom. The average Bonchev–Trinajstić information content (AvgIpc) is 3.16. The minimum atomic E-state index is -3.54. The van der Waals surface area contributed by atoms with Gasteiger partial charge in [-0.2, -0.15) is 11.8 Å². The van der Waals surface area contributed by atoms with Gasteiger partial charge in [0.05, 0.1) is 18.4 Å². The van der Waals surface area contributed by atoms with Crippen LogP contribution in [0.5, 0.6) is 0 Å². The molecule has 30 heavy (non-hydrogen) atoms. The number of anilines is 1. The highest BCUT2D eigenvalue weighted by atomic mass is 32.2. The van der Waals surface area contributed by atoms with Gasteiger partial charge in [0.2, 0.25) is 10.0 Å². The van der Waals surface area contributed by atoms with Crippen LogP contribution in [0.15, 0.2) is 35.7 Å². The molecular weight excluding hydrogens is 450 g/mol. The van der Waals surface area contributed by atoms with Crippen molar-refractivity contribution in [2.75, 3.05) is 23.0 Å². The maximum Gasteiger partial charge on any atom is 0.271 e. The van der Waals surface area contributed by atoms with Crippen LogP contribution in [0, 0.1) is 0 Å². The lowest BCUT2D eigenvalue weighted by molar-refractivity contribution is -0.0377. The minimum Gasteiger partial charge on any atom is -0.390 e. The molecule has 0 spiro atoms. The molecule has 0 radical (unpaired) electrons. The molecule has 4 atom stereocenters. The molecule has 12 heteroatoms. The molecule has 9 nitrogen and oxygen atoms in total. The fourth-order valence-electron chi connectivity index (χ4n) is 2.67. The zero-order chi connectivity index (χ0) is 22.3. The zero-order valence-corrected chi connectivity index (χ0v) is 18.9. The highest BCUT2D eigenvalue weighted by Crippen LogP contribution is 2.23. The molecule has 0 bridgehead atoms. The van der Waals surface area contributed by atoms with Crippen LogP contribution in [0.2, 0.25) is 0 Å². The van der Waals surface area contributed by atoms with E-state index in [4.69, 9.17) is 0 Å². The van der Waals surface area contributed by atoms with E-state index in [1.807, 2.05) is 6.26 Å². The Hall–Kier alpha value is -1.70. The van der Waals surface area contributed by atoms with Crippen LogP contribution in [0.25, 0.3) is 0 Å². The molecule has 4 unspecified atom stereocenters. The van der Waals surface area contributed by atoms with Crippen molar-refractivity contribution in [3.8, 4) is 0 Å². The summed E-state index contributed by atoms with van der Waals surface area (Å²) >= 11 is 2.42. The van der Waals surface area contributed by atoms with Gasteiger partial charge in [-0.25, -0.2) is 13.4 Å². The highest BCUT2D eigenvalue weighted by molar-refractivity contribution is 7.98. The number of carbonyl (C=O) groups excluding carboxylic acids is 1. The van der Waals surface area contributed by atoms with E-state index in [-0.39, 0.29) is 17.2 Å². The predicted molar refractivity (Wildman–Crippen MR) is 118 cm³/mol. The summed E-state index contributed by atoms with van der Waals surface area (Å²) in [5, 5.41) is 35.6. The number of aliphatic hydroxyl groups excluding tert-OH is 3. The number of rotatable bonds is 11. The van der Waals surface area contributed by atoms with Crippen LogP contribution < -0.4 is 10.0 Å². The molecule has 166 valence electrons. The number of carbonyl (C=O) groups is 1. The summed E-state index contributed by atoms with van der Waals surface area (Å²) in [6.45, 7) is 0. The number of sulfonamides is 1. The van der Waals surface area contributed by atoms with Crippen LogP contribution in [-0.4, -0.2) is 71.1 Å². The van der Waals surface area contributed by atoms with Gasteiger partial charge >= 0.3 is 0 Å². The van der Waals surface area contributed by atoms with E-state index in [1.54, 1.807) is 30.3 Å². The molecule has 5 N–H and O–H groups in total. The van der Waals surface area contributed by atoms with E-state index in [0.29, 0.717) is 11.3 Å². The summed E-state index contributed by atoms with van der Waals surface area (Å²) in [6, 6.07) is 7.24. The van der Waals surface area contributed by atoms with E-state index in [2.05, 4.69) is 15.0 Å². The molecule has 2 rings (SSSR count). The van der Waals surface area contributed by atoms with Crippen molar-refractivity contribution in [2.24, 2.45) is 0 Å². The molecular formula is C18H25N3O6S3. The molecule has 0 fully saturated rings. The van der Waals surface area contributed by atoms with E-state index in [1.165, 1.54) is 17.1 Å². The molecule has 0 aliphatic carbocycles. The maximum absolute atomic E-state index is 12.7. The van der Waals surface area contributed by atoms with Gasteiger partial charge in [-0.1, -0.05) is 30.3 Å². The number of aromatic nitrogens is 1. The number of thiazole rings is 1. The Morgan fingerprint density at radius 1 is 1.23 bits per heavy atom. The molecule has 0 aliphatic heterocycles. The Bertz CT molecular complexity index is 922. The van der Waals surface area contributed by atoms with Gasteiger partial charge < -0.3 is 20.6 Å². The summed E-state index contributed by atoms with van der Waals surface area (Å²) < 4.78 is 24.8. The molecule has 1 heterocycles. The molecule has 1 aromatic heterocycles. The van der Waals surface area contributed by atoms with Crippen molar-refractivity contribution in [2.45, 2.75) is 30.8 Å². The van der Waals surface area contributed by atoms with Gasteiger partial charge in [0, 0.05) is 5.38 Å². The third-order valence-electron chi connectivity index (χ3n) is 4.17. The van der Waals surface area contributed by atoms with Gasteiger partial charge in [0.1, 0.15) is 17.9 Å². The third-order valence-corrected chi connectivity index (χ3v) is 6.26. The molecule has 1 amide bonds. The van der Waals surface area contributed by atoms with E-state index in [0.717, 1.165) is 17.6 Å². The first-order valence-corrected chi connectivity index (χ1v) is 13.1. The van der Waals surface area contributed by atoms with Crippen LogP contribution in [0.1, 0.15) is 28.6 Å². The lowest BCUT2D eigenvalue weighted by Gasteiger charge is -2.31. The van der Waals surface area contributed by atoms with Crippen molar-refractivity contribution >= 4 is 44.2 Å². The predicted octanol–water partition coefficient (Wildman–Crippen LogP) is 0.821. The lowest BCUT2D eigenvalue weighted by Crippen LogP contribution is -2.52. The van der Waals surface area contributed by atoms with Crippen molar-refractivity contribution in [3.05, 3.63) is 47.0 Å². The van der Waals surface area contributed by atoms with Gasteiger partial charge in [-0.15, -0.1) is 11.3 Å². The van der Waals surface area contributed by atoms with Crippen LogP contribution in [0.4, 0.5) is 5.13 Å². The fourth-order valence-corrected chi connectivity index (χ4v) is 4.69. The minimum absolute atomic E-state index is 0.0170. The van der Waals surface area contributed by atoms with Gasteiger partial charge in [0.25, 0.3) is 5.91 Å². The monoisotopic (exact) mass is 475 g/mol. The summed E-state index contributed by atoms with van der Waals surface area (Å²) in [5.41, 5.74) is 0.374. The van der Waals surface area contributed by atoms with E-state index >= 15 is 0 Å². The highest BCUT2D eigenvalue weighted by Gasteiger charge is 2.34.